The van der Waals surface area contributed by atoms with Crippen LogP contribution in [0.25, 0.3) is 0 Å². The Labute approximate surface area is 104 Å². The number of rotatable bonds is 4. The molecule has 0 radical (unpaired) electrons. The second-order valence-electron chi connectivity index (χ2n) is 4.08. The van der Waals surface area contributed by atoms with E-state index in [9.17, 15) is 9.90 Å². The Morgan fingerprint density at radius 1 is 1.50 bits per heavy atom. The summed E-state index contributed by atoms with van der Waals surface area (Å²) in [5.74, 6) is -0.299. The summed E-state index contributed by atoms with van der Waals surface area (Å²) in [6, 6.07) is 1.26. The van der Waals surface area contributed by atoms with Crippen molar-refractivity contribution in [1.29, 1.82) is 0 Å². The van der Waals surface area contributed by atoms with Crippen molar-refractivity contribution < 1.29 is 19.7 Å². The third-order valence-electron chi connectivity index (χ3n) is 2.95. The molecule has 2 rings (SSSR count). The van der Waals surface area contributed by atoms with Gasteiger partial charge in [0.15, 0.2) is 0 Å². The third-order valence-corrected chi connectivity index (χ3v) is 2.95. The first kappa shape index (κ1) is 12.9. The van der Waals surface area contributed by atoms with E-state index in [1.807, 2.05) is 0 Å². The van der Waals surface area contributed by atoms with Crippen LogP contribution in [-0.2, 0) is 9.53 Å². The van der Waals surface area contributed by atoms with Crippen molar-refractivity contribution in [2.45, 2.75) is 18.2 Å². The van der Waals surface area contributed by atoms with Crippen LogP contribution in [0.4, 0.5) is 5.95 Å². The SMILES string of the molecule is O=C[C@H]1[C@@H](O)[C@@H](CO)OC[C@@H]1Nc1ncccn1. The van der Waals surface area contributed by atoms with Crippen LogP contribution in [0, 0.1) is 5.92 Å². The van der Waals surface area contributed by atoms with Gasteiger partial charge in [0.25, 0.3) is 0 Å². The van der Waals surface area contributed by atoms with Gasteiger partial charge in [-0.15, -0.1) is 0 Å². The van der Waals surface area contributed by atoms with Crippen LogP contribution in [0.1, 0.15) is 0 Å². The summed E-state index contributed by atoms with van der Waals surface area (Å²) in [5, 5.41) is 21.8. The molecule has 7 heteroatoms. The number of aromatic nitrogens is 2. The predicted octanol–water partition coefficient (Wildman–Crippen LogP) is -1.18. The quantitative estimate of drug-likeness (QED) is 0.580. The molecule has 0 spiro atoms. The summed E-state index contributed by atoms with van der Waals surface area (Å²) >= 11 is 0. The fourth-order valence-corrected chi connectivity index (χ4v) is 1.94. The normalized spacial score (nSPS) is 31.9. The second-order valence-corrected chi connectivity index (χ2v) is 4.08. The number of aliphatic hydroxyl groups excluding tert-OH is 2. The van der Waals surface area contributed by atoms with E-state index < -0.39 is 24.2 Å². The minimum Gasteiger partial charge on any atom is -0.394 e. The molecular weight excluding hydrogens is 238 g/mol. The van der Waals surface area contributed by atoms with E-state index in [1.54, 1.807) is 18.5 Å². The lowest BCUT2D eigenvalue weighted by Gasteiger charge is -2.37. The predicted molar refractivity (Wildman–Crippen MR) is 61.8 cm³/mol. The molecule has 4 atom stereocenters. The van der Waals surface area contributed by atoms with Gasteiger partial charge in [-0.2, -0.15) is 0 Å². The molecule has 98 valence electrons. The molecule has 1 aliphatic rings. The van der Waals surface area contributed by atoms with Crippen molar-refractivity contribution in [1.82, 2.24) is 9.97 Å². The number of hydrogen-bond acceptors (Lipinski definition) is 7. The van der Waals surface area contributed by atoms with Gasteiger partial charge in [0.05, 0.1) is 31.3 Å². The van der Waals surface area contributed by atoms with E-state index >= 15 is 0 Å². The summed E-state index contributed by atoms with van der Waals surface area (Å²) in [7, 11) is 0. The van der Waals surface area contributed by atoms with Gasteiger partial charge in [-0.25, -0.2) is 9.97 Å². The molecule has 0 saturated carbocycles. The molecular formula is C11H15N3O4. The van der Waals surface area contributed by atoms with Crippen LogP contribution < -0.4 is 5.32 Å². The molecule has 1 aromatic rings. The maximum atomic E-state index is 11.1. The van der Waals surface area contributed by atoms with Crippen LogP contribution in [0.5, 0.6) is 0 Å². The lowest BCUT2D eigenvalue weighted by atomic mass is 9.89. The zero-order valence-corrected chi connectivity index (χ0v) is 9.64. The highest BCUT2D eigenvalue weighted by molar-refractivity contribution is 5.57. The number of carbonyl (C=O) groups is 1. The smallest absolute Gasteiger partial charge is 0.222 e. The molecule has 1 saturated heterocycles. The Morgan fingerprint density at radius 3 is 2.83 bits per heavy atom. The van der Waals surface area contributed by atoms with Crippen molar-refractivity contribution in [2.24, 2.45) is 5.92 Å². The summed E-state index contributed by atoms with van der Waals surface area (Å²) < 4.78 is 5.28. The zero-order chi connectivity index (χ0) is 13.0. The molecule has 0 unspecified atom stereocenters. The van der Waals surface area contributed by atoms with Crippen LogP contribution in [-0.4, -0.2) is 57.9 Å². The largest absolute Gasteiger partial charge is 0.394 e. The van der Waals surface area contributed by atoms with Gasteiger partial charge in [-0.1, -0.05) is 0 Å². The highest BCUT2D eigenvalue weighted by Crippen LogP contribution is 2.21. The molecule has 1 aliphatic heterocycles. The molecule has 7 nitrogen and oxygen atoms in total. The van der Waals surface area contributed by atoms with Gasteiger partial charge in [0, 0.05) is 12.4 Å². The number of ether oxygens (including phenoxy) is 1. The standard InChI is InChI=1S/C11H15N3O4/c15-4-7-8(6-18-9(5-16)10(7)17)14-11-12-2-1-3-13-11/h1-4,7-10,16-17H,5-6H2,(H,12,13,14)/t7-,8+,9-,10-/m1/s1. The first-order valence-electron chi connectivity index (χ1n) is 5.65. The van der Waals surface area contributed by atoms with E-state index in [1.165, 1.54) is 0 Å². The molecule has 0 aliphatic carbocycles. The Kier molecular flexibility index (Phi) is 4.19. The van der Waals surface area contributed by atoms with Gasteiger partial charge in [-0.05, 0) is 6.07 Å². The van der Waals surface area contributed by atoms with Crippen LogP contribution in [0.2, 0.25) is 0 Å². The van der Waals surface area contributed by atoms with E-state index in [0.717, 1.165) is 0 Å². The molecule has 1 aromatic heterocycles. The molecule has 0 amide bonds. The highest BCUT2D eigenvalue weighted by atomic mass is 16.5. The molecule has 1 fully saturated rings. The maximum absolute atomic E-state index is 11.1. The summed E-state index contributed by atoms with van der Waals surface area (Å²) in [6.07, 6.45) is 2.04. The van der Waals surface area contributed by atoms with Crippen molar-refractivity contribution >= 4 is 12.2 Å². The fourth-order valence-electron chi connectivity index (χ4n) is 1.94. The minimum atomic E-state index is -1.04. The second kappa shape index (κ2) is 5.85. The molecule has 3 N–H and O–H groups in total. The Balaban J connectivity index is 2.06. The summed E-state index contributed by atoms with van der Waals surface area (Å²) in [6.45, 7) is -0.121. The summed E-state index contributed by atoms with van der Waals surface area (Å²) in [5.41, 5.74) is 0. The topological polar surface area (TPSA) is 105 Å². The van der Waals surface area contributed by atoms with Crippen molar-refractivity contribution in [3.05, 3.63) is 18.5 Å². The number of hydrogen-bond donors (Lipinski definition) is 3. The fraction of sp³-hybridized carbons (Fsp3) is 0.545. The number of nitrogens with one attached hydrogen (secondary N) is 1. The van der Waals surface area contributed by atoms with E-state index in [2.05, 4.69) is 15.3 Å². The highest BCUT2D eigenvalue weighted by Gasteiger charge is 2.39. The van der Waals surface area contributed by atoms with Crippen LogP contribution in [0.15, 0.2) is 18.5 Å². The van der Waals surface area contributed by atoms with Gasteiger partial charge < -0.3 is 25.1 Å². The molecule has 18 heavy (non-hydrogen) atoms. The van der Waals surface area contributed by atoms with Gasteiger partial charge >= 0.3 is 0 Å². The Hall–Kier alpha value is -1.57. The number of aliphatic hydroxyl groups is 2. The monoisotopic (exact) mass is 253 g/mol. The van der Waals surface area contributed by atoms with E-state index in [0.29, 0.717) is 12.2 Å². The third kappa shape index (κ3) is 2.63. The van der Waals surface area contributed by atoms with Crippen molar-refractivity contribution in [3.63, 3.8) is 0 Å². The maximum Gasteiger partial charge on any atom is 0.222 e. The number of anilines is 1. The van der Waals surface area contributed by atoms with Gasteiger partial charge in [0.1, 0.15) is 12.4 Å². The Bertz CT molecular complexity index is 389. The van der Waals surface area contributed by atoms with Crippen LogP contribution >= 0.6 is 0 Å². The number of nitrogens with zero attached hydrogens (tertiary/aromatic N) is 2. The lowest BCUT2D eigenvalue weighted by molar-refractivity contribution is -0.141. The van der Waals surface area contributed by atoms with Crippen molar-refractivity contribution in [2.75, 3.05) is 18.5 Å². The average molecular weight is 253 g/mol. The van der Waals surface area contributed by atoms with Gasteiger partial charge in [-0.3, -0.25) is 0 Å². The molecule has 2 heterocycles. The van der Waals surface area contributed by atoms with E-state index in [4.69, 9.17) is 9.84 Å². The average Bonchev–Trinajstić information content (AvgIpc) is 2.40. The van der Waals surface area contributed by atoms with Crippen LogP contribution in [0.3, 0.4) is 0 Å². The molecule has 0 bridgehead atoms. The zero-order valence-electron chi connectivity index (χ0n) is 9.64. The van der Waals surface area contributed by atoms with Gasteiger partial charge in [0.2, 0.25) is 5.95 Å². The van der Waals surface area contributed by atoms with Crippen molar-refractivity contribution in [3.8, 4) is 0 Å². The first-order chi connectivity index (χ1) is 8.76. The Morgan fingerprint density at radius 2 is 2.22 bits per heavy atom. The minimum absolute atomic E-state index is 0.198. The first-order valence-corrected chi connectivity index (χ1v) is 5.65. The van der Waals surface area contributed by atoms with E-state index in [-0.39, 0.29) is 13.2 Å². The number of carbonyl (C=O) groups excluding carboxylic acids is 1. The summed E-state index contributed by atoms with van der Waals surface area (Å²) in [4.78, 5) is 19.0. The number of aldehydes is 1. The lowest BCUT2D eigenvalue weighted by Crippen LogP contribution is -2.54. The molecule has 0 aromatic carbocycles.